The second-order valence-corrected chi connectivity index (χ2v) is 8.49. The van der Waals surface area contributed by atoms with E-state index in [-0.39, 0.29) is 0 Å². The van der Waals surface area contributed by atoms with Gasteiger partial charge < -0.3 is 5.32 Å². The Morgan fingerprint density at radius 3 is 2.58 bits per heavy atom. The molecule has 0 bridgehead atoms. The maximum Gasteiger partial charge on any atom is 0.0504 e. The topological polar surface area (TPSA) is 29.1 Å². The summed E-state index contributed by atoms with van der Waals surface area (Å²) in [5, 5.41) is 4.51. The highest BCUT2D eigenvalue weighted by Gasteiger charge is 2.34. The molecule has 1 N–H and O–H groups in total. The zero-order valence-electron chi connectivity index (χ0n) is 12.7. The molecule has 0 radical (unpaired) electrons. The van der Waals surface area contributed by atoms with Crippen molar-refractivity contribution < 1.29 is 4.21 Å². The molecule has 0 aromatic carbocycles. The van der Waals surface area contributed by atoms with Crippen LogP contribution in [0.5, 0.6) is 0 Å². The fourth-order valence-corrected chi connectivity index (χ4v) is 6.25. The molecule has 0 amide bonds. The van der Waals surface area contributed by atoms with Gasteiger partial charge in [-0.1, -0.05) is 46.0 Å². The van der Waals surface area contributed by atoms with Gasteiger partial charge in [0.25, 0.3) is 0 Å². The van der Waals surface area contributed by atoms with E-state index < -0.39 is 10.8 Å². The lowest BCUT2D eigenvalue weighted by molar-refractivity contribution is 0.384. The van der Waals surface area contributed by atoms with Gasteiger partial charge in [-0.25, -0.2) is 0 Å². The number of hydrogen-bond donors (Lipinski definition) is 1. The second kappa shape index (κ2) is 7.78. The average Bonchev–Trinajstić information content (AvgIpc) is 2.64. The third kappa shape index (κ3) is 4.29. The van der Waals surface area contributed by atoms with Crippen molar-refractivity contribution in [1.29, 1.82) is 0 Å². The molecule has 3 heteroatoms. The second-order valence-electron chi connectivity index (χ2n) is 6.56. The molecule has 2 fully saturated rings. The van der Waals surface area contributed by atoms with Crippen LogP contribution in [0.2, 0.25) is 0 Å². The summed E-state index contributed by atoms with van der Waals surface area (Å²) in [5.74, 6) is 0.783. The van der Waals surface area contributed by atoms with Crippen molar-refractivity contribution >= 4 is 10.8 Å². The van der Waals surface area contributed by atoms with Crippen molar-refractivity contribution in [2.24, 2.45) is 5.92 Å². The molecule has 2 aliphatic carbocycles. The van der Waals surface area contributed by atoms with Gasteiger partial charge in [0, 0.05) is 22.1 Å². The van der Waals surface area contributed by atoms with Crippen molar-refractivity contribution in [1.82, 2.24) is 5.32 Å². The monoisotopic (exact) mass is 285 g/mol. The molecule has 112 valence electrons. The van der Waals surface area contributed by atoms with Gasteiger partial charge in [-0.05, 0) is 38.1 Å². The maximum atomic E-state index is 13.0. The normalized spacial score (nSPS) is 38.6. The van der Waals surface area contributed by atoms with Crippen LogP contribution in [0.15, 0.2) is 0 Å². The summed E-state index contributed by atoms with van der Waals surface area (Å²) in [7, 11) is -0.619. The van der Waals surface area contributed by atoms with Crippen LogP contribution in [0.1, 0.15) is 71.6 Å². The first-order chi connectivity index (χ1) is 9.22. The van der Waals surface area contributed by atoms with Crippen LogP contribution in [0.4, 0.5) is 0 Å². The largest absolute Gasteiger partial charge is 0.313 e. The fraction of sp³-hybridized carbons (Fsp3) is 1.00. The lowest BCUT2D eigenvalue weighted by Gasteiger charge is -2.32. The Hall–Kier alpha value is 0.110. The van der Waals surface area contributed by atoms with Crippen molar-refractivity contribution in [3.8, 4) is 0 Å². The van der Waals surface area contributed by atoms with Crippen LogP contribution in [-0.2, 0) is 10.8 Å². The molecule has 2 saturated carbocycles. The summed E-state index contributed by atoms with van der Waals surface area (Å²) in [6.07, 6.45) is 11.4. The third-order valence-electron chi connectivity index (χ3n) is 4.93. The van der Waals surface area contributed by atoms with Crippen LogP contribution < -0.4 is 5.32 Å². The van der Waals surface area contributed by atoms with Crippen LogP contribution in [0.25, 0.3) is 0 Å². The van der Waals surface area contributed by atoms with Gasteiger partial charge in [-0.15, -0.1) is 0 Å². The Morgan fingerprint density at radius 1 is 1.05 bits per heavy atom. The van der Waals surface area contributed by atoms with Crippen LogP contribution >= 0.6 is 0 Å². The Kier molecular flexibility index (Phi) is 6.34. The highest BCUT2D eigenvalue weighted by molar-refractivity contribution is 7.86. The predicted octanol–water partition coefficient (Wildman–Crippen LogP) is 3.62. The number of nitrogens with one attached hydrogen (secondary N) is 1. The van der Waals surface area contributed by atoms with Gasteiger partial charge in [-0.2, -0.15) is 0 Å². The first-order valence-electron chi connectivity index (χ1n) is 8.35. The van der Waals surface area contributed by atoms with E-state index in [0.717, 1.165) is 12.5 Å². The van der Waals surface area contributed by atoms with Gasteiger partial charge in [0.2, 0.25) is 0 Å². The predicted molar refractivity (Wildman–Crippen MR) is 83.9 cm³/mol. The zero-order chi connectivity index (χ0) is 13.7. The summed E-state index contributed by atoms with van der Waals surface area (Å²) < 4.78 is 13.0. The highest BCUT2D eigenvalue weighted by atomic mass is 32.2. The molecule has 5 atom stereocenters. The molecule has 2 rings (SSSR count). The van der Waals surface area contributed by atoms with E-state index in [2.05, 4.69) is 19.2 Å². The van der Waals surface area contributed by atoms with Crippen LogP contribution in [-0.4, -0.2) is 27.3 Å². The molecular formula is C16H31NOS. The Labute approximate surface area is 121 Å². The summed E-state index contributed by atoms with van der Waals surface area (Å²) in [5.41, 5.74) is 0. The molecule has 0 heterocycles. The first-order valence-corrected chi connectivity index (χ1v) is 9.62. The minimum absolute atomic E-state index is 0.415. The van der Waals surface area contributed by atoms with Crippen molar-refractivity contribution in [2.75, 3.05) is 6.54 Å². The zero-order valence-corrected chi connectivity index (χ0v) is 13.5. The Balaban J connectivity index is 2.00. The van der Waals surface area contributed by atoms with Crippen LogP contribution in [0, 0.1) is 5.92 Å². The van der Waals surface area contributed by atoms with Crippen LogP contribution in [0.3, 0.4) is 0 Å². The fourth-order valence-electron chi connectivity index (χ4n) is 3.88. The molecular weight excluding hydrogens is 254 g/mol. The quantitative estimate of drug-likeness (QED) is 0.799. The van der Waals surface area contributed by atoms with Crippen molar-refractivity contribution in [3.05, 3.63) is 0 Å². The SMILES string of the molecule is CCNC1CCCCCC1S(=O)C1CCCC(C)C1. The van der Waals surface area contributed by atoms with E-state index in [1.54, 1.807) is 0 Å². The Bertz CT molecular complexity index is 294. The minimum Gasteiger partial charge on any atom is -0.313 e. The Morgan fingerprint density at radius 2 is 1.84 bits per heavy atom. The third-order valence-corrected chi connectivity index (χ3v) is 7.18. The number of hydrogen-bond acceptors (Lipinski definition) is 2. The minimum atomic E-state index is -0.619. The van der Waals surface area contributed by atoms with Gasteiger partial charge in [0.1, 0.15) is 0 Å². The number of rotatable bonds is 4. The lowest BCUT2D eigenvalue weighted by Crippen LogP contribution is -2.44. The van der Waals surface area contributed by atoms with Crippen molar-refractivity contribution in [2.45, 2.75) is 88.2 Å². The van der Waals surface area contributed by atoms with E-state index in [4.69, 9.17) is 0 Å². The highest BCUT2D eigenvalue weighted by Crippen LogP contribution is 2.32. The molecule has 0 aliphatic heterocycles. The summed E-state index contributed by atoms with van der Waals surface area (Å²) in [6, 6.07) is 0.505. The smallest absolute Gasteiger partial charge is 0.0504 e. The van der Waals surface area contributed by atoms with E-state index in [1.807, 2.05) is 0 Å². The van der Waals surface area contributed by atoms with E-state index in [0.29, 0.717) is 16.5 Å². The maximum absolute atomic E-state index is 13.0. The lowest BCUT2D eigenvalue weighted by atomic mass is 9.90. The van der Waals surface area contributed by atoms with Gasteiger partial charge in [0.15, 0.2) is 0 Å². The first kappa shape index (κ1) is 15.5. The molecule has 0 aromatic heterocycles. The summed E-state index contributed by atoms with van der Waals surface area (Å²) >= 11 is 0. The van der Waals surface area contributed by atoms with Crippen molar-refractivity contribution in [3.63, 3.8) is 0 Å². The van der Waals surface area contributed by atoms with E-state index in [1.165, 1.54) is 57.8 Å². The standard InChI is InChI=1S/C16H31NOS/c1-3-17-15-10-5-4-6-11-16(15)19(18)14-9-7-8-13(2)12-14/h13-17H,3-12H2,1-2H3. The molecule has 0 saturated heterocycles. The molecule has 5 unspecified atom stereocenters. The average molecular weight is 285 g/mol. The van der Waals surface area contributed by atoms with Gasteiger partial charge in [-0.3, -0.25) is 4.21 Å². The summed E-state index contributed by atoms with van der Waals surface area (Å²) in [6.45, 7) is 5.52. The van der Waals surface area contributed by atoms with Gasteiger partial charge >= 0.3 is 0 Å². The molecule has 0 spiro atoms. The van der Waals surface area contributed by atoms with E-state index in [9.17, 15) is 4.21 Å². The molecule has 2 aliphatic rings. The molecule has 2 nitrogen and oxygen atoms in total. The summed E-state index contributed by atoms with van der Waals surface area (Å²) in [4.78, 5) is 0. The van der Waals surface area contributed by atoms with Gasteiger partial charge in [0.05, 0.1) is 5.25 Å². The molecule has 19 heavy (non-hydrogen) atoms. The van der Waals surface area contributed by atoms with E-state index >= 15 is 0 Å². The molecule has 0 aromatic rings.